The van der Waals surface area contributed by atoms with E-state index in [1.165, 1.54) is 28.7 Å². The molecule has 6 aromatic rings. The highest BCUT2D eigenvalue weighted by atomic mass is 32.2. The van der Waals surface area contributed by atoms with Crippen molar-refractivity contribution in [2.45, 2.75) is 28.3 Å². The van der Waals surface area contributed by atoms with Gasteiger partial charge in [0, 0.05) is 11.6 Å². The molecule has 0 saturated carbocycles. The summed E-state index contributed by atoms with van der Waals surface area (Å²) >= 11 is 4.49. The summed E-state index contributed by atoms with van der Waals surface area (Å²) < 4.78 is 21.7. The van der Waals surface area contributed by atoms with Crippen molar-refractivity contribution in [2.24, 2.45) is 4.99 Å². The number of nitrogens with zero attached hydrogens (tertiary/aromatic N) is 3. The fraction of sp³-hybridized carbons (Fsp3) is 0.147. The average molecular weight is 636 g/mol. The fourth-order valence-corrected chi connectivity index (χ4v) is 8.87. The molecule has 3 aromatic heterocycles. The van der Waals surface area contributed by atoms with E-state index >= 15 is 0 Å². The third-order valence-electron chi connectivity index (χ3n) is 7.93. The summed E-state index contributed by atoms with van der Waals surface area (Å²) in [5.74, 6) is 1.87. The van der Waals surface area contributed by atoms with E-state index < -0.39 is 0 Å². The molecule has 0 bridgehead atoms. The van der Waals surface area contributed by atoms with Gasteiger partial charge in [0.2, 0.25) is 0 Å². The fourth-order valence-electron chi connectivity index (χ4n) is 5.92. The number of rotatable bonds is 6. The molecular formula is C34H25N3O4S3. The van der Waals surface area contributed by atoms with Crippen molar-refractivity contribution in [2.75, 3.05) is 14.2 Å². The molecule has 4 heterocycles. The van der Waals surface area contributed by atoms with Crippen LogP contribution in [0, 0.1) is 0 Å². The van der Waals surface area contributed by atoms with E-state index in [9.17, 15) is 4.79 Å². The van der Waals surface area contributed by atoms with Crippen LogP contribution in [-0.4, -0.2) is 23.8 Å². The second-order valence-electron chi connectivity index (χ2n) is 10.4. The molecule has 7 nitrogen and oxygen atoms in total. The summed E-state index contributed by atoms with van der Waals surface area (Å²) in [5.41, 5.74) is 6.30. The summed E-state index contributed by atoms with van der Waals surface area (Å²) in [5, 5.41) is 0.721. The van der Waals surface area contributed by atoms with Crippen molar-refractivity contribution in [1.29, 1.82) is 0 Å². The first kappa shape index (κ1) is 27.2. The first-order chi connectivity index (χ1) is 21.6. The number of para-hydroxylation sites is 1. The van der Waals surface area contributed by atoms with Gasteiger partial charge in [-0.3, -0.25) is 9.36 Å². The van der Waals surface area contributed by atoms with E-state index in [0.29, 0.717) is 26.6 Å². The van der Waals surface area contributed by atoms with Crippen molar-refractivity contribution < 1.29 is 13.9 Å². The van der Waals surface area contributed by atoms with Crippen molar-refractivity contribution in [1.82, 2.24) is 9.55 Å². The molecule has 0 radical (unpaired) electrons. The summed E-state index contributed by atoms with van der Waals surface area (Å²) in [6, 6.07) is 25.8. The lowest BCUT2D eigenvalue weighted by atomic mass is 9.83. The van der Waals surface area contributed by atoms with Gasteiger partial charge >= 0.3 is 0 Å². The first-order valence-corrected chi connectivity index (χ1v) is 16.5. The van der Waals surface area contributed by atoms with Crippen molar-refractivity contribution in [3.63, 3.8) is 0 Å². The number of aryl methyl sites for hydroxylation is 1. The Labute approximate surface area is 264 Å². The lowest BCUT2D eigenvalue weighted by molar-refractivity contribution is 0.354. The van der Waals surface area contributed by atoms with Gasteiger partial charge < -0.3 is 13.9 Å². The van der Waals surface area contributed by atoms with Gasteiger partial charge in [-0.1, -0.05) is 53.8 Å². The number of thiazole rings is 2. The van der Waals surface area contributed by atoms with Crippen molar-refractivity contribution in [3.05, 3.63) is 127 Å². The zero-order valence-electron chi connectivity index (χ0n) is 23.8. The molecule has 1 aliphatic heterocycles. The quantitative estimate of drug-likeness (QED) is 0.203. The highest BCUT2D eigenvalue weighted by molar-refractivity contribution is 8.01. The Kier molecular flexibility index (Phi) is 6.77. The molecule has 10 heteroatoms. The molecule has 2 aliphatic rings. The number of ether oxygens (including phenoxy) is 2. The molecule has 0 spiro atoms. The maximum atomic E-state index is 14.1. The molecule has 1 atom stereocenters. The van der Waals surface area contributed by atoms with E-state index in [-0.39, 0.29) is 11.6 Å². The summed E-state index contributed by atoms with van der Waals surface area (Å²) in [6.07, 6.45) is 3.51. The summed E-state index contributed by atoms with van der Waals surface area (Å²) in [7, 11) is 3.25. The number of furan rings is 1. The molecule has 0 fully saturated rings. The van der Waals surface area contributed by atoms with Crippen LogP contribution in [0.5, 0.6) is 11.5 Å². The number of hydrogen-bond donors (Lipinski definition) is 0. The Morgan fingerprint density at radius 1 is 0.955 bits per heavy atom. The highest BCUT2D eigenvalue weighted by Gasteiger charge is 2.33. The normalized spacial score (nSPS) is 16.0. The minimum absolute atomic E-state index is 0.101. The maximum absolute atomic E-state index is 14.1. The number of aromatic nitrogens is 2. The Balaban J connectivity index is 1.23. The van der Waals surface area contributed by atoms with Crippen LogP contribution in [-0.2, 0) is 6.42 Å². The van der Waals surface area contributed by atoms with Gasteiger partial charge in [0.25, 0.3) is 5.56 Å². The monoisotopic (exact) mass is 635 g/mol. The van der Waals surface area contributed by atoms with Gasteiger partial charge in [-0.05, 0) is 77.7 Å². The second-order valence-corrected chi connectivity index (χ2v) is 13.7. The van der Waals surface area contributed by atoms with E-state index in [1.54, 1.807) is 25.6 Å². The number of hydrogen-bond acceptors (Lipinski definition) is 9. The van der Waals surface area contributed by atoms with Crippen LogP contribution in [0.15, 0.2) is 108 Å². The summed E-state index contributed by atoms with van der Waals surface area (Å²) in [6.45, 7) is 0. The van der Waals surface area contributed by atoms with Crippen LogP contribution in [0.4, 0.5) is 0 Å². The third-order valence-corrected chi connectivity index (χ3v) is 10.9. The van der Waals surface area contributed by atoms with Crippen LogP contribution in [0.25, 0.3) is 22.0 Å². The molecule has 0 amide bonds. The molecule has 44 heavy (non-hydrogen) atoms. The SMILES string of the molecule is COc1ccc([C@H]2C3=C(N=c4s/c(=C\c5ccc(Sc6nc7ccccc7s6)o5)c(=O)n42)c2ccccc2CC3)cc1OC. The largest absolute Gasteiger partial charge is 0.493 e. The molecule has 8 rings (SSSR count). The van der Waals surface area contributed by atoms with E-state index in [2.05, 4.69) is 24.3 Å². The van der Waals surface area contributed by atoms with Crippen LogP contribution in [0.1, 0.15) is 34.9 Å². The van der Waals surface area contributed by atoms with Gasteiger partial charge in [0.05, 0.1) is 40.7 Å². The Morgan fingerprint density at radius 2 is 1.80 bits per heavy atom. The smallest absolute Gasteiger partial charge is 0.271 e. The molecule has 3 aromatic carbocycles. The predicted molar refractivity (Wildman–Crippen MR) is 175 cm³/mol. The Bertz CT molecular complexity index is 2260. The molecule has 1 aliphatic carbocycles. The van der Waals surface area contributed by atoms with E-state index in [1.807, 2.05) is 65.2 Å². The van der Waals surface area contributed by atoms with Gasteiger partial charge in [-0.15, -0.1) is 11.3 Å². The maximum Gasteiger partial charge on any atom is 0.271 e. The van der Waals surface area contributed by atoms with Crippen molar-refractivity contribution >= 4 is 56.4 Å². The molecular weight excluding hydrogens is 611 g/mol. The topological polar surface area (TPSA) is 78.9 Å². The van der Waals surface area contributed by atoms with Crippen LogP contribution in [0.3, 0.4) is 0 Å². The predicted octanol–water partition coefficient (Wildman–Crippen LogP) is 6.69. The van der Waals surface area contributed by atoms with E-state index in [4.69, 9.17) is 23.9 Å². The molecule has 0 unspecified atom stereocenters. The lowest BCUT2D eigenvalue weighted by Crippen LogP contribution is -2.38. The van der Waals surface area contributed by atoms with E-state index in [0.717, 1.165) is 54.9 Å². The van der Waals surface area contributed by atoms with Gasteiger partial charge in [-0.2, -0.15) is 0 Å². The van der Waals surface area contributed by atoms with Crippen LogP contribution in [0.2, 0.25) is 0 Å². The van der Waals surface area contributed by atoms with Crippen molar-refractivity contribution in [3.8, 4) is 11.5 Å². The number of allylic oxidation sites excluding steroid dienone is 1. The Hall–Kier alpha value is -4.38. The van der Waals surface area contributed by atoms with Gasteiger partial charge in [-0.25, -0.2) is 9.98 Å². The number of benzene rings is 3. The molecule has 0 N–H and O–H groups in total. The average Bonchev–Trinajstić information content (AvgIpc) is 3.76. The zero-order valence-corrected chi connectivity index (χ0v) is 26.2. The number of fused-ring (bicyclic) bond motifs is 4. The standard InChI is InChI=1S/C34H25N3O4S3/c1-39-25-15-12-20(17-26(25)40-2)31-23-14-11-19-7-3-4-8-22(19)30(23)36-33-37(31)32(38)28(42-33)18-21-13-16-29(41-21)44-34-35-24-9-5-6-10-27(24)43-34/h3-10,12-13,15-18,31H,11,14H2,1-2H3/b28-18-/t31-/m0/s1. The minimum atomic E-state index is -0.321. The minimum Gasteiger partial charge on any atom is -0.493 e. The Morgan fingerprint density at radius 3 is 2.66 bits per heavy atom. The zero-order chi connectivity index (χ0) is 29.8. The second kappa shape index (κ2) is 11.0. The van der Waals surface area contributed by atoms with Gasteiger partial charge in [0.15, 0.2) is 25.7 Å². The number of methoxy groups -OCH3 is 2. The highest BCUT2D eigenvalue weighted by Crippen LogP contribution is 2.43. The third kappa shape index (κ3) is 4.61. The van der Waals surface area contributed by atoms with Crippen LogP contribution < -0.4 is 24.4 Å². The molecule has 0 saturated heterocycles. The summed E-state index contributed by atoms with van der Waals surface area (Å²) in [4.78, 5) is 24.6. The molecule has 218 valence electrons. The first-order valence-electron chi connectivity index (χ1n) is 14.1. The van der Waals surface area contributed by atoms with Gasteiger partial charge in [0.1, 0.15) is 5.76 Å². The van der Waals surface area contributed by atoms with Crippen LogP contribution >= 0.6 is 34.4 Å². The lowest BCUT2D eigenvalue weighted by Gasteiger charge is -2.31.